The summed E-state index contributed by atoms with van der Waals surface area (Å²) in [6, 6.07) is 8.28. The molecule has 0 saturated carbocycles. The lowest BCUT2D eigenvalue weighted by Gasteiger charge is -2.03. The quantitative estimate of drug-likeness (QED) is 0.744. The maximum Gasteiger partial charge on any atom is 0.0728 e. The number of para-hydroxylation sites is 1. The third kappa shape index (κ3) is 1.32. The lowest BCUT2D eigenvalue weighted by molar-refractivity contribution is 0.708. The van der Waals surface area contributed by atoms with Gasteiger partial charge in [0.15, 0.2) is 0 Å². The Kier molecular flexibility index (Phi) is 2.05. The number of fused-ring (bicyclic) bond motifs is 1. The Hall–Kier alpha value is -1.31. The molecule has 2 nitrogen and oxygen atoms in total. The van der Waals surface area contributed by atoms with Crippen LogP contribution in [0.25, 0.3) is 10.9 Å². The van der Waals surface area contributed by atoms with E-state index in [2.05, 4.69) is 42.2 Å². The Morgan fingerprint density at radius 1 is 1.38 bits per heavy atom. The highest BCUT2D eigenvalue weighted by atomic mass is 15.1. The second-order valence-electron chi connectivity index (χ2n) is 3.46. The summed E-state index contributed by atoms with van der Waals surface area (Å²) in [7, 11) is 0. The molecule has 1 aromatic heterocycles. The molecule has 1 atom stereocenters. The lowest BCUT2D eigenvalue weighted by atomic mass is 10.0. The van der Waals surface area contributed by atoms with Gasteiger partial charge in [-0.1, -0.05) is 32.0 Å². The van der Waals surface area contributed by atoms with Crippen molar-refractivity contribution in [2.75, 3.05) is 0 Å². The molecule has 68 valence electrons. The van der Waals surface area contributed by atoms with E-state index in [0.717, 1.165) is 11.9 Å². The zero-order valence-corrected chi connectivity index (χ0v) is 8.04. The number of H-pyrrole nitrogens is 1. The minimum Gasteiger partial charge on any atom is -0.278 e. The van der Waals surface area contributed by atoms with E-state index in [4.69, 9.17) is 0 Å². The first kappa shape index (κ1) is 8.30. The minimum atomic E-state index is 0.538. The number of aromatic nitrogens is 2. The van der Waals surface area contributed by atoms with Crippen molar-refractivity contribution in [3.63, 3.8) is 0 Å². The first-order chi connectivity index (χ1) is 6.33. The Morgan fingerprint density at radius 3 is 2.92 bits per heavy atom. The SMILES string of the molecule is CCC(C)c1n[nH]c2ccccc12. The van der Waals surface area contributed by atoms with Gasteiger partial charge < -0.3 is 0 Å². The Morgan fingerprint density at radius 2 is 2.15 bits per heavy atom. The van der Waals surface area contributed by atoms with Gasteiger partial charge >= 0.3 is 0 Å². The number of hydrogen-bond donors (Lipinski definition) is 1. The zero-order chi connectivity index (χ0) is 9.26. The van der Waals surface area contributed by atoms with Gasteiger partial charge in [-0.15, -0.1) is 0 Å². The van der Waals surface area contributed by atoms with Crippen molar-refractivity contribution >= 4 is 10.9 Å². The average molecular weight is 174 g/mol. The summed E-state index contributed by atoms with van der Waals surface area (Å²) in [5, 5.41) is 8.66. The van der Waals surface area contributed by atoms with Crippen molar-refractivity contribution in [3.05, 3.63) is 30.0 Å². The number of aromatic amines is 1. The van der Waals surface area contributed by atoms with E-state index < -0.39 is 0 Å². The fourth-order valence-corrected chi connectivity index (χ4v) is 1.55. The van der Waals surface area contributed by atoms with Gasteiger partial charge in [0.05, 0.1) is 11.2 Å². The molecule has 2 aromatic rings. The molecule has 0 bridgehead atoms. The molecule has 0 amide bonds. The number of nitrogens with zero attached hydrogens (tertiary/aromatic N) is 1. The van der Waals surface area contributed by atoms with Gasteiger partial charge in [-0.3, -0.25) is 5.10 Å². The summed E-state index contributed by atoms with van der Waals surface area (Å²) in [5.41, 5.74) is 2.33. The largest absolute Gasteiger partial charge is 0.278 e. The summed E-state index contributed by atoms with van der Waals surface area (Å²) >= 11 is 0. The van der Waals surface area contributed by atoms with Gasteiger partial charge in [-0.2, -0.15) is 5.10 Å². The van der Waals surface area contributed by atoms with Gasteiger partial charge in [0.2, 0.25) is 0 Å². The van der Waals surface area contributed by atoms with Gasteiger partial charge in [0, 0.05) is 11.3 Å². The smallest absolute Gasteiger partial charge is 0.0728 e. The van der Waals surface area contributed by atoms with E-state index in [1.165, 1.54) is 11.1 Å². The minimum absolute atomic E-state index is 0.538. The molecule has 0 aliphatic carbocycles. The summed E-state index contributed by atoms with van der Waals surface area (Å²) < 4.78 is 0. The molecule has 1 N–H and O–H groups in total. The lowest BCUT2D eigenvalue weighted by Crippen LogP contribution is -1.91. The summed E-state index contributed by atoms with van der Waals surface area (Å²) in [5.74, 6) is 0.538. The molecule has 0 fully saturated rings. The fraction of sp³-hybridized carbons (Fsp3) is 0.364. The Labute approximate surface area is 78.0 Å². The molecule has 0 aliphatic rings. The van der Waals surface area contributed by atoms with Crippen molar-refractivity contribution in [3.8, 4) is 0 Å². The first-order valence-corrected chi connectivity index (χ1v) is 4.76. The van der Waals surface area contributed by atoms with Gasteiger partial charge in [-0.05, 0) is 12.5 Å². The van der Waals surface area contributed by atoms with E-state index >= 15 is 0 Å². The fourth-order valence-electron chi connectivity index (χ4n) is 1.55. The van der Waals surface area contributed by atoms with Crippen molar-refractivity contribution in [2.45, 2.75) is 26.2 Å². The van der Waals surface area contributed by atoms with E-state index in [9.17, 15) is 0 Å². The molecule has 0 spiro atoms. The molecule has 1 heterocycles. The van der Waals surface area contributed by atoms with Crippen LogP contribution in [0.2, 0.25) is 0 Å². The van der Waals surface area contributed by atoms with E-state index in [-0.39, 0.29) is 0 Å². The van der Waals surface area contributed by atoms with Crippen LogP contribution in [0.5, 0.6) is 0 Å². The van der Waals surface area contributed by atoms with Crippen LogP contribution >= 0.6 is 0 Å². The predicted molar refractivity (Wildman–Crippen MR) is 54.8 cm³/mol. The molecule has 13 heavy (non-hydrogen) atoms. The van der Waals surface area contributed by atoms with Crippen molar-refractivity contribution in [1.29, 1.82) is 0 Å². The number of benzene rings is 1. The third-order valence-corrected chi connectivity index (χ3v) is 2.58. The molecule has 2 heteroatoms. The van der Waals surface area contributed by atoms with Crippen molar-refractivity contribution in [2.24, 2.45) is 0 Å². The highest BCUT2D eigenvalue weighted by molar-refractivity contribution is 5.81. The topological polar surface area (TPSA) is 28.7 Å². The number of hydrogen-bond acceptors (Lipinski definition) is 1. The van der Waals surface area contributed by atoms with E-state index in [1.54, 1.807) is 0 Å². The van der Waals surface area contributed by atoms with Crippen LogP contribution < -0.4 is 0 Å². The third-order valence-electron chi connectivity index (χ3n) is 2.58. The van der Waals surface area contributed by atoms with Crippen molar-refractivity contribution < 1.29 is 0 Å². The maximum atomic E-state index is 4.34. The summed E-state index contributed by atoms with van der Waals surface area (Å²) in [4.78, 5) is 0. The van der Waals surface area contributed by atoms with E-state index in [1.807, 2.05) is 6.07 Å². The van der Waals surface area contributed by atoms with Crippen LogP contribution in [0.1, 0.15) is 31.9 Å². The van der Waals surface area contributed by atoms with Crippen molar-refractivity contribution in [1.82, 2.24) is 10.2 Å². The molecule has 1 unspecified atom stereocenters. The van der Waals surface area contributed by atoms with Crippen LogP contribution in [0.4, 0.5) is 0 Å². The molecule has 1 aromatic carbocycles. The predicted octanol–water partition coefficient (Wildman–Crippen LogP) is 3.08. The summed E-state index contributed by atoms with van der Waals surface area (Å²) in [6.07, 6.45) is 1.13. The first-order valence-electron chi connectivity index (χ1n) is 4.76. The normalized spacial score (nSPS) is 13.4. The highest BCUT2D eigenvalue weighted by Gasteiger charge is 2.10. The van der Waals surface area contributed by atoms with Gasteiger partial charge in [0.1, 0.15) is 0 Å². The molecule has 0 saturated heterocycles. The summed E-state index contributed by atoms with van der Waals surface area (Å²) in [6.45, 7) is 4.40. The molecule has 2 rings (SSSR count). The van der Waals surface area contributed by atoms with Crippen LogP contribution in [-0.4, -0.2) is 10.2 Å². The monoisotopic (exact) mass is 174 g/mol. The maximum absolute atomic E-state index is 4.34. The van der Waals surface area contributed by atoms with Gasteiger partial charge in [-0.25, -0.2) is 0 Å². The van der Waals surface area contributed by atoms with Gasteiger partial charge in [0.25, 0.3) is 0 Å². The molecule has 0 aliphatic heterocycles. The second-order valence-corrected chi connectivity index (χ2v) is 3.46. The second kappa shape index (κ2) is 3.21. The van der Waals surface area contributed by atoms with Crippen LogP contribution in [0.15, 0.2) is 24.3 Å². The number of rotatable bonds is 2. The standard InChI is InChI=1S/C11H14N2/c1-3-8(2)11-9-6-4-5-7-10(9)12-13-11/h4-8H,3H2,1-2H3,(H,12,13). The van der Waals surface area contributed by atoms with Crippen LogP contribution in [-0.2, 0) is 0 Å². The molecule has 0 radical (unpaired) electrons. The zero-order valence-electron chi connectivity index (χ0n) is 8.04. The Bertz CT molecular complexity index is 403. The average Bonchev–Trinajstić information content (AvgIpc) is 2.60. The van der Waals surface area contributed by atoms with E-state index in [0.29, 0.717) is 5.92 Å². The van der Waals surface area contributed by atoms with Crippen LogP contribution in [0.3, 0.4) is 0 Å². The highest BCUT2D eigenvalue weighted by Crippen LogP contribution is 2.24. The Balaban J connectivity index is 2.57. The molecular weight excluding hydrogens is 160 g/mol. The number of nitrogens with one attached hydrogen (secondary N) is 1. The van der Waals surface area contributed by atoms with Crippen LogP contribution in [0, 0.1) is 0 Å². The molecular formula is C11H14N2.